The minimum atomic E-state index is -0.249. The van der Waals surface area contributed by atoms with Crippen molar-refractivity contribution in [3.05, 3.63) is 47.3 Å². The largest absolute Gasteiger partial charge is 0.419 e. The van der Waals surface area contributed by atoms with Crippen LogP contribution in [-0.4, -0.2) is 26.9 Å². The van der Waals surface area contributed by atoms with Crippen LogP contribution in [0.25, 0.3) is 11.5 Å². The second-order valence-corrected chi connectivity index (χ2v) is 6.36. The van der Waals surface area contributed by atoms with Gasteiger partial charge in [-0.1, -0.05) is 23.8 Å². The van der Waals surface area contributed by atoms with Gasteiger partial charge in [0.2, 0.25) is 23.6 Å². The quantitative estimate of drug-likeness (QED) is 0.632. The molecule has 6 nitrogen and oxygen atoms in total. The van der Waals surface area contributed by atoms with Gasteiger partial charge < -0.3 is 4.42 Å². The Morgan fingerprint density at radius 2 is 1.67 bits per heavy atom. The second kappa shape index (κ2) is 5.87. The Morgan fingerprint density at radius 1 is 1.04 bits per heavy atom. The van der Waals surface area contributed by atoms with Crippen molar-refractivity contribution in [2.45, 2.75) is 19.4 Å². The van der Waals surface area contributed by atoms with Gasteiger partial charge in [-0.3, -0.25) is 14.5 Å². The number of nitrogens with zero attached hydrogens (tertiary/aromatic N) is 3. The molecule has 0 saturated carbocycles. The summed E-state index contributed by atoms with van der Waals surface area (Å²) in [4.78, 5) is 26.1. The molecular weight excluding hydrogens is 330 g/mol. The lowest BCUT2D eigenvalue weighted by Gasteiger charge is -2.14. The zero-order valence-electron chi connectivity index (χ0n) is 12.7. The van der Waals surface area contributed by atoms with E-state index in [9.17, 15) is 9.59 Å². The van der Waals surface area contributed by atoms with Crippen LogP contribution in [-0.2, 0) is 16.1 Å². The van der Waals surface area contributed by atoms with E-state index in [0.29, 0.717) is 23.8 Å². The molecule has 0 unspecified atom stereocenters. The third-order valence-electron chi connectivity index (χ3n) is 4.45. The number of amides is 2. The van der Waals surface area contributed by atoms with Crippen LogP contribution < -0.4 is 0 Å². The number of hydrogen-bond donors (Lipinski definition) is 0. The molecule has 2 aliphatic rings. The summed E-state index contributed by atoms with van der Waals surface area (Å²) in [5, 5.41) is 8.54. The van der Waals surface area contributed by atoms with Gasteiger partial charge in [-0.05, 0) is 37.1 Å². The van der Waals surface area contributed by atoms with Crippen molar-refractivity contribution in [3.63, 3.8) is 0 Å². The molecule has 1 fully saturated rings. The van der Waals surface area contributed by atoms with E-state index in [1.807, 2.05) is 12.2 Å². The van der Waals surface area contributed by atoms with Crippen LogP contribution >= 0.6 is 11.6 Å². The van der Waals surface area contributed by atoms with Crippen molar-refractivity contribution in [1.82, 2.24) is 15.1 Å². The van der Waals surface area contributed by atoms with Gasteiger partial charge in [0.25, 0.3) is 0 Å². The number of aromatic nitrogens is 2. The van der Waals surface area contributed by atoms with Crippen molar-refractivity contribution in [2.24, 2.45) is 11.8 Å². The summed E-state index contributed by atoms with van der Waals surface area (Å²) in [6.07, 6.45) is 5.15. The summed E-state index contributed by atoms with van der Waals surface area (Å²) in [7, 11) is 0. The molecule has 1 saturated heterocycles. The first-order valence-corrected chi connectivity index (χ1v) is 8.10. The number of fused-ring (bicyclic) bond motifs is 1. The van der Waals surface area contributed by atoms with E-state index in [1.165, 1.54) is 4.90 Å². The number of imide groups is 1. The van der Waals surface area contributed by atoms with E-state index in [1.54, 1.807) is 24.3 Å². The Hall–Kier alpha value is -2.47. The average Bonchev–Trinajstić information content (AvgIpc) is 3.16. The molecule has 2 heterocycles. The monoisotopic (exact) mass is 343 g/mol. The third kappa shape index (κ3) is 2.53. The number of likely N-dealkylation sites (tertiary alicyclic amines) is 1. The molecule has 1 aliphatic heterocycles. The Balaban J connectivity index is 1.53. The van der Waals surface area contributed by atoms with E-state index in [2.05, 4.69) is 10.2 Å². The molecule has 4 rings (SSSR count). The molecule has 122 valence electrons. The number of rotatable bonds is 3. The van der Waals surface area contributed by atoms with Crippen LogP contribution in [0, 0.1) is 11.8 Å². The van der Waals surface area contributed by atoms with Crippen molar-refractivity contribution in [3.8, 4) is 11.5 Å². The fraction of sp³-hybridized carbons (Fsp3) is 0.294. The van der Waals surface area contributed by atoms with Crippen molar-refractivity contribution in [2.75, 3.05) is 0 Å². The highest BCUT2D eigenvalue weighted by Crippen LogP contribution is 2.35. The summed E-state index contributed by atoms with van der Waals surface area (Å²) in [6, 6.07) is 7.00. The zero-order valence-corrected chi connectivity index (χ0v) is 13.4. The Morgan fingerprint density at radius 3 is 2.29 bits per heavy atom. The molecule has 1 aliphatic carbocycles. The first kappa shape index (κ1) is 15.1. The highest BCUT2D eigenvalue weighted by atomic mass is 35.5. The lowest BCUT2D eigenvalue weighted by molar-refractivity contribution is -0.140. The molecule has 0 radical (unpaired) electrons. The van der Waals surface area contributed by atoms with Gasteiger partial charge in [0.15, 0.2) is 0 Å². The molecule has 2 amide bonds. The fourth-order valence-electron chi connectivity index (χ4n) is 3.19. The summed E-state index contributed by atoms with van der Waals surface area (Å²) in [6.45, 7) is 0.0191. The summed E-state index contributed by atoms with van der Waals surface area (Å²) >= 11 is 5.86. The maximum Gasteiger partial charge on any atom is 0.247 e. The molecule has 0 N–H and O–H groups in total. The van der Waals surface area contributed by atoms with Crippen molar-refractivity contribution in [1.29, 1.82) is 0 Å². The van der Waals surface area contributed by atoms with Gasteiger partial charge in [-0.15, -0.1) is 10.2 Å². The number of hydrogen-bond acceptors (Lipinski definition) is 5. The molecule has 1 aromatic heterocycles. The van der Waals surface area contributed by atoms with Gasteiger partial charge in [0.1, 0.15) is 6.54 Å². The maximum absolute atomic E-state index is 12.4. The first-order valence-electron chi connectivity index (χ1n) is 7.72. The topological polar surface area (TPSA) is 76.3 Å². The van der Waals surface area contributed by atoms with Gasteiger partial charge in [0, 0.05) is 10.6 Å². The van der Waals surface area contributed by atoms with Crippen molar-refractivity contribution < 1.29 is 14.0 Å². The number of carbonyl (C=O) groups is 2. The van der Waals surface area contributed by atoms with Crippen molar-refractivity contribution >= 4 is 23.4 Å². The highest BCUT2D eigenvalue weighted by Gasteiger charge is 2.47. The SMILES string of the molecule is O=C1[C@H]2CC=CC[C@@H]2C(=O)N1Cc1nnc(-c2ccc(Cl)cc2)o1. The highest BCUT2D eigenvalue weighted by molar-refractivity contribution is 6.30. The Bertz CT molecular complexity index is 802. The Labute approximate surface area is 143 Å². The molecule has 1 aromatic carbocycles. The van der Waals surface area contributed by atoms with Crippen LogP contribution in [0.1, 0.15) is 18.7 Å². The van der Waals surface area contributed by atoms with Crippen LogP contribution in [0.4, 0.5) is 0 Å². The molecule has 7 heteroatoms. The van der Waals surface area contributed by atoms with E-state index >= 15 is 0 Å². The molecule has 0 spiro atoms. The van der Waals surface area contributed by atoms with E-state index in [4.69, 9.17) is 16.0 Å². The first-order chi connectivity index (χ1) is 11.6. The normalized spacial score (nSPS) is 23.0. The van der Waals surface area contributed by atoms with Gasteiger partial charge in [0.05, 0.1) is 11.8 Å². The summed E-state index contributed by atoms with van der Waals surface area (Å²) < 4.78 is 5.59. The number of allylic oxidation sites excluding steroid dienone is 2. The lowest BCUT2D eigenvalue weighted by Crippen LogP contribution is -2.30. The number of halogens is 1. The van der Waals surface area contributed by atoms with Gasteiger partial charge in [-0.2, -0.15) is 0 Å². The van der Waals surface area contributed by atoms with Crippen LogP contribution in [0.2, 0.25) is 5.02 Å². The number of benzene rings is 1. The lowest BCUT2D eigenvalue weighted by atomic mass is 9.85. The van der Waals surface area contributed by atoms with Crippen LogP contribution in [0.15, 0.2) is 40.8 Å². The van der Waals surface area contributed by atoms with Gasteiger partial charge >= 0.3 is 0 Å². The van der Waals surface area contributed by atoms with E-state index in [0.717, 1.165) is 5.56 Å². The fourth-order valence-corrected chi connectivity index (χ4v) is 3.31. The molecular formula is C17H14ClN3O3. The predicted molar refractivity (Wildman–Crippen MR) is 85.7 cm³/mol. The Kier molecular flexibility index (Phi) is 3.69. The van der Waals surface area contributed by atoms with Gasteiger partial charge in [-0.25, -0.2) is 0 Å². The van der Waals surface area contributed by atoms with Crippen LogP contribution in [0.3, 0.4) is 0 Å². The predicted octanol–water partition coefficient (Wildman–Crippen LogP) is 2.84. The number of carbonyl (C=O) groups excluding carboxylic acids is 2. The second-order valence-electron chi connectivity index (χ2n) is 5.93. The minimum absolute atomic E-state index is 0.0191. The standard InChI is InChI=1S/C17H14ClN3O3/c18-11-7-5-10(6-8-11)15-20-19-14(24-15)9-21-16(22)12-3-1-2-4-13(12)17(21)23/h1-2,5-8,12-13H,3-4,9H2/t12-,13-/m0/s1. The molecule has 2 atom stereocenters. The maximum atomic E-state index is 12.4. The molecule has 0 bridgehead atoms. The zero-order chi connectivity index (χ0) is 16.7. The van der Waals surface area contributed by atoms with Crippen LogP contribution in [0.5, 0.6) is 0 Å². The summed E-state index contributed by atoms with van der Waals surface area (Å²) in [5.74, 6) is -0.225. The van der Waals surface area contributed by atoms with E-state index in [-0.39, 0.29) is 36.1 Å². The van der Waals surface area contributed by atoms with E-state index < -0.39 is 0 Å². The third-order valence-corrected chi connectivity index (χ3v) is 4.70. The minimum Gasteiger partial charge on any atom is -0.419 e. The molecule has 24 heavy (non-hydrogen) atoms. The summed E-state index contributed by atoms with van der Waals surface area (Å²) in [5.41, 5.74) is 0.732. The smallest absolute Gasteiger partial charge is 0.247 e. The average molecular weight is 344 g/mol. The molecule has 2 aromatic rings.